The summed E-state index contributed by atoms with van der Waals surface area (Å²) in [5.74, 6) is 1.60. The minimum Gasteiger partial charge on any atom is -0.385 e. The third-order valence-electron chi connectivity index (χ3n) is 4.34. The maximum atomic E-state index is 9.16. The first kappa shape index (κ1) is 16.9. The van der Waals surface area contributed by atoms with Crippen molar-refractivity contribution in [3.8, 4) is 6.07 Å². The van der Waals surface area contributed by atoms with E-state index >= 15 is 0 Å². The highest BCUT2D eigenvalue weighted by atomic mass is 15.1. The van der Waals surface area contributed by atoms with Crippen molar-refractivity contribution >= 4 is 17.5 Å². The first-order chi connectivity index (χ1) is 12.2. The van der Waals surface area contributed by atoms with Gasteiger partial charge in [-0.1, -0.05) is 12.1 Å². The molecular weight excluding hydrogens is 312 g/mol. The number of rotatable bonds is 3. The van der Waals surface area contributed by atoms with Gasteiger partial charge >= 0.3 is 0 Å². The molecular formula is C19H22N6. The Balaban J connectivity index is 2.05. The number of hydrogen-bond acceptors (Lipinski definition) is 6. The zero-order valence-electron chi connectivity index (χ0n) is 14.3. The Hall–Kier alpha value is -2.91. The first-order valence-electron chi connectivity index (χ1n) is 8.41. The number of benzene rings is 1. The van der Waals surface area contributed by atoms with Gasteiger partial charge in [0.15, 0.2) is 0 Å². The average molecular weight is 334 g/mol. The fraction of sp³-hybridized carbons (Fsp3) is 0.316. The molecule has 0 amide bonds. The van der Waals surface area contributed by atoms with E-state index in [1.165, 1.54) is 0 Å². The van der Waals surface area contributed by atoms with Crippen molar-refractivity contribution in [1.29, 1.82) is 5.26 Å². The summed E-state index contributed by atoms with van der Waals surface area (Å²) in [6, 6.07) is 9.58. The Morgan fingerprint density at radius 1 is 1.48 bits per heavy atom. The lowest BCUT2D eigenvalue weighted by Gasteiger charge is -2.26. The van der Waals surface area contributed by atoms with Crippen molar-refractivity contribution < 1.29 is 0 Å². The molecule has 1 atom stereocenters. The van der Waals surface area contributed by atoms with Crippen molar-refractivity contribution in [2.45, 2.75) is 12.8 Å². The molecule has 2 aliphatic heterocycles. The van der Waals surface area contributed by atoms with Crippen LogP contribution in [0.5, 0.6) is 0 Å². The molecule has 0 aromatic heterocycles. The molecule has 1 aromatic carbocycles. The smallest absolute Gasteiger partial charge is 0.141 e. The summed E-state index contributed by atoms with van der Waals surface area (Å²) in [5.41, 5.74) is 9.39. The number of aliphatic imine (C=N–C) groups is 2. The zero-order valence-corrected chi connectivity index (χ0v) is 14.3. The largest absolute Gasteiger partial charge is 0.385 e. The molecule has 1 fully saturated rings. The van der Waals surface area contributed by atoms with Crippen LogP contribution < -0.4 is 16.4 Å². The summed E-state index contributed by atoms with van der Waals surface area (Å²) in [6.07, 6.45) is 5.90. The maximum absolute atomic E-state index is 9.16. The summed E-state index contributed by atoms with van der Waals surface area (Å²) < 4.78 is 0. The fourth-order valence-corrected chi connectivity index (χ4v) is 3.12. The molecule has 0 spiro atoms. The third kappa shape index (κ3) is 3.95. The van der Waals surface area contributed by atoms with E-state index in [0.717, 1.165) is 42.8 Å². The minimum atomic E-state index is 0.356. The van der Waals surface area contributed by atoms with Gasteiger partial charge in [-0.3, -0.25) is 4.99 Å². The van der Waals surface area contributed by atoms with Crippen LogP contribution in [0.1, 0.15) is 24.0 Å². The lowest BCUT2D eigenvalue weighted by Crippen LogP contribution is -2.36. The van der Waals surface area contributed by atoms with Crippen LogP contribution in [0.15, 0.2) is 52.0 Å². The van der Waals surface area contributed by atoms with Gasteiger partial charge in [-0.05, 0) is 37.1 Å². The molecule has 128 valence electrons. The van der Waals surface area contributed by atoms with Crippen molar-refractivity contribution in [2.24, 2.45) is 21.6 Å². The minimum absolute atomic E-state index is 0.356. The number of nitrogens with two attached hydrogens (primary N) is 1. The molecule has 4 N–H and O–H groups in total. The Bertz CT molecular complexity index is 803. The molecule has 25 heavy (non-hydrogen) atoms. The summed E-state index contributed by atoms with van der Waals surface area (Å²) in [7, 11) is 1.71. The molecule has 2 aliphatic rings. The standard InChI is InChI=1S/C19H22N6/c1-22-12-16(14-5-2-4-13(8-14)10-20)19-24-17(9-18(21)25-19)15-6-3-7-23-11-15/h2,4-5,8-9,12,15,23,25H,3,6-7,11,21H2,1H3/b19-16+,22-12-. The van der Waals surface area contributed by atoms with E-state index < -0.39 is 0 Å². The summed E-state index contributed by atoms with van der Waals surface area (Å²) >= 11 is 0. The molecule has 1 aromatic rings. The van der Waals surface area contributed by atoms with E-state index in [1.54, 1.807) is 19.3 Å². The predicted molar refractivity (Wildman–Crippen MR) is 101 cm³/mol. The van der Waals surface area contributed by atoms with Crippen LogP contribution in [0.4, 0.5) is 0 Å². The van der Waals surface area contributed by atoms with E-state index in [4.69, 9.17) is 16.0 Å². The van der Waals surface area contributed by atoms with Crippen LogP contribution in [-0.4, -0.2) is 32.1 Å². The second kappa shape index (κ2) is 7.77. The van der Waals surface area contributed by atoms with Crippen LogP contribution in [0, 0.1) is 17.2 Å². The highest BCUT2D eigenvalue weighted by molar-refractivity contribution is 6.12. The second-order valence-corrected chi connectivity index (χ2v) is 6.15. The van der Waals surface area contributed by atoms with Gasteiger partial charge in [-0.2, -0.15) is 5.26 Å². The van der Waals surface area contributed by atoms with Crippen molar-refractivity contribution in [3.63, 3.8) is 0 Å². The highest BCUT2D eigenvalue weighted by Crippen LogP contribution is 2.23. The first-order valence-corrected chi connectivity index (χ1v) is 8.41. The van der Waals surface area contributed by atoms with Gasteiger partial charge in [-0.25, -0.2) is 4.99 Å². The topological polar surface area (TPSA) is 98.6 Å². The van der Waals surface area contributed by atoms with Crippen LogP contribution in [-0.2, 0) is 0 Å². The van der Waals surface area contributed by atoms with Gasteiger partial charge in [0.2, 0.25) is 0 Å². The van der Waals surface area contributed by atoms with Crippen LogP contribution >= 0.6 is 0 Å². The van der Waals surface area contributed by atoms with Gasteiger partial charge < -0.3 is 16.4 Å². The summed E-state index contributed by atoms with van der Waals surface area (Å²) in [4.78, 5) is 8.98. The molecule has 6 heteroatoms. The quantitative estimate of drug-likeness (QED) is 0.734. The van der Waals surface area contributed by atoms with E-state index in [2.05, 4.69) is 21.7 Å². The van der Waals surface area contributed by atoms with E-state index in [9.17, 15) is 0 Å². The highest BCUT2D eigenvalue weighted by Gasteiger charge is 2.22. The molecule has 0 radical (unpaired) electrons. The summed E-state index contributed by atoms with van der Waals surface area (Å²) in [6.45, 7) is 1.97. The number of nitrogens with one attached hydrogen (secondary N) is 2. The van der Waals surface area contributed by atoms with Crippen LogP contribution in [0.2, 0.25) is 0 Å². The van der Waals surface area contributed by atoms with Gasteiger partial charge in [0.25, 0.3) is 0 Å². The molecule has 2 heterocycles. The van der Waals surface area contributed by atoms with Crippen molar-refractivity contribution in [1.82, 2.24) is 10.6 Å². The van der Waals surface area contributed by atoms with Crippen molar-refractivity contribution in [2.75, 3.05) is 20.1 Å². The third-order valence-corrected chi connectivity index (χ3v) is 4.34. The number of piperidine rings is 1. The van der Waals surface area contributed by atoms with Gasteiger partial charge in [0.1, 0.15) is 11.6 Å². The number of nitriles is 1. The lowest BCUT2D eigenvalue weighted by molar-refractivity contribution is 0.458. The Morgan fingerprint density at radius 2 is 2.36 bits per heavy atom. The zero-order chi connectivity index (χ0) is 17.6. The Labute approximate surface area is 147 Å². The predicted octanol–water partition coefficient (Wildman–Crippen LogP) is 1.77. The average Bonchev–Trinajstić information content (AvgIpc) is 2.66. The van der Waals surface area contributed by atoms with Gasteiger partial charge in [0.05, 0.1) is 17.3 Å². The van der Waals surface area contributed by atoms with Gasteiger partial charge in [-0.15, -0.1) is 0 Å². The number of nitrogens with zero attached hydrogens (tertiary/aromatic N) is 3. The van der Waals surface area contributed by atoms with E-state index in [1.807, 2.05) is 24.3 Å². The van der Waals surface area contributed by atoms with Crippen LogP contribution in [0.3, 0.4) is 0 Å². The molecule has 0 aliphatic carbocycles. The van der Waals surface area contributed by atoms with Gasteiger partial charge in [0, 0.05) is 37.4 Å². The molecule has 3 rings (SSSR count). The lowest BCUT2D eigenvalue weighted by atomic mass is 9.93. The molecule has 1 unspecified atom stereocenters. The monoisotopic (exact) mass is 334 g/mol. The maximum Gasteiger partial charge on any atom is 0.141 e. The Kier molecular flexibility index (Phi) is 5.26. The fourth-order valence-electron chi connectivity index (χ4n) is 3.12. The molecule has 6 nitrogen and oxygen atoms in total. The molecule has 0 saturated carbocycles. The second-order valence-electron chi connectivity index (χ2n) is 6.15. The molecule has 0 bridgehead atoms. The van der Waals surface area contributed by atoms with Crippen LogP contribution in [0.25, 0.3) is 5.57 Å². The van der Waals surface area contributed by atoms with E-state index in [0.29, 0.717) is 23.1 Å². The van der Waals surface area contributed by atoms with Crippen molar-refractivity contribution in [3.05, 3.63) is 53.1 Å². The Morgan fingerprint density at radius 3 is 3.08 bits per heavy atom. The SMILES string of the molecule is C/N=C\C(=C1\N=C(C2CCCNC2)C=C(N)N1)c1cccc(C#N)c1. The normalized spacial score (nSPS) is 22.6. The summed E-state index contributed by atoms with van der Waals surface area (Å²) in [5, 5.41) is 15.7. The van der Waals surface area contributed by atoms with E-state index in [-0.39, 0.29) is 0 Å². The number of allylic oxidation sites excluding steroid dienone is 2. The number of hydrogen-bond donors (Lipinski definition) is 3. The molecule has 1 saturated heterocycles.